The molecule has 3 aliphatic heterocycles. The van der Waals surface area contributed by atoms with Crippen LogP contribution in [-0.4, -0.2) is 63.3 Å². The number of nitrogens with zero attached hydrogens (tertiary/aromatic N) is 4. The molecule has 2 fully saturated rings. The van der Waals surface area contributed by atoms with Gasteiger partial charge in [0.15, 0.2) is 0 Å². The Morgan fingerprint density at radius 1 is 1.35 bits per heavy atom. The third-order valence-corrected chi connectivity index (χ3v) is 6.71. The molecule has 2 bridgehead atoms. The lowest BCUT2D eigenvalue weighted by atomic mass is 9.76. The third-order valence-electron chi connectivity index (χ3n) is 6.71. The Balaban J connectivity index is 1.38. The van der Waals surface area contributed by atoms with Crippen molar-refractivity contribution in [1.82, 2.24) is 14.5 Å². The second kappa shape index (κ2) is 7.32. The molecule has 0 saturated carbocycles. The third kappa shape index (κ3) is 3.09. The summed E-state index contributed by atoms with van der Waals surface area (Å²) in [6, 6.07) is 7.62. The molecule has 0 aliphatic carbocycles. The summed E-state index contributed by atoms with van der Waals surface area (Å²) in [5.74, 6) is -0.465. The highest BCUT2D eigenvalue weighted by atomic mass is 16.5. The normalized spacial score (nSPS) is 28.4. The van der Waals surface area contributed by atoms with E-state index >= 15 is 0 Å². The van der Waals surface area contributed by atoms with E-state index in [1.807, 2.05) is 54.2 Å². The Hall–Kier alpha value is -2.97. The molecule has 1 aromatic carbocycles. The Labute approximate surface area is 180 Å². The minimum absolute atomic E-state index is 0.0782. The van der Waals surface area contributed by atoms with E-state index in [2.05, 4.69) is 4.98 Å². The molecule has 2 unspecified atom stereocenters. The molecule has 4 heterocycles. The second-order valence-electron chi connectivity index (χ2n) is 8.61. The van der Waals surface area contributed by atoms with Gasteiger partial charge < -0.3 is 24.2 Å². The molecule has 1 spiro atoms. The van der Waals surface area contributed by atoms with E-state index in [1.165, 1.54) is 0 Å². The lowest BCUT2D eigenvalue weighted by molar-refractivity contribution is -0.139. The fourth-order valence-electron chi connectivity index (χ4n) is 5.06. The van der Waals surface area contributed by atoms with Crippen LogP contribution in [0.3, 0.4) is 0 Å². The lowest BCUT2D eigenvalue weighted by Crippen LogP contribution is -2.44. The minimum atomic E-state index is -0.754. The van der Waals surface area contributed by atoms with Crippen molar-refractivity contribution < 1.29 is 19.4 Å². The second-order valence-corrected chi connectivity index (χ2v) is 8.61. The molecule has 31 heavy (non-hydrogen) atoms. The molecule has 162 valence electrons. The van der Waals surface area contributed by atoms with E-state index in [0.29, 0.717) is 19.5 Å². The predicted octanol–water partition coefficient (Wildman–Crippen LogP) is 0.900. The molecule has 8 heteroatoms. The first-order valence-corrected chi connectivity index (χ1v) is 10.5. The van der Waals surface area contributed by atoms with Gasteiger partial charge in [-0.1, -0.05) is 24.3 Å². The number of rotatable bonds is 6. The molecule has 2 saturated heterocycles. The van der Waals surface area contributed by atoms with Crippen LogP contribution in [0.2, 0.25) is 0 Å². The number of anilines is 1. The van der Waals surface area contributed by atoms with Crippen LogP contribution in [0.25, 0.3) is 0 Å². The van der Waals surface area contributed by atoms with Crippen molar-refractivity contribution in [3.63, 3.8) is 0 Å². The molecule has 3 aliphatic rings. The van der Waals surface area contributed by atoms with E-state index < -0.39 is 17.4 Å². The summed E-state index contributed by atoms with van der Waals surface area (Å²) in [6.45, 7) is 0.859. The smallest absolute Gasteiger partial charge is 0.234 e. The summed E-state index contributed by atoms with van der Waals surface area (Å²) in [4.78, 5) is 34.5. The van der Waals surface area contributed by atoms with Crippen molar-refractivity contribution in [2.45, 2.75) is 24.7 Å². The van der Waals surface area contributed by atoms with Gasteiger partial charge in [-0.3, -0.25) is 9.59 Å². The number of amides is 2. The quantitative estimate of drug-likeness (QED) is 0.699. The molecule has 1 N–H and O–H groups in total. The maximum Gasteiger partial charge on any atom is 0.234 e. The van der Waals surface area contributed by atoms with Crippen LogP contribution in [0.15, 0.2) is 48.8 Å². The number of benzene rings is 1. The van der Waals surface area contributed by atoms with Gasteiger partial charge in [-0.15, -0.1) is 0 Å². The van der Waals surface area contributed by atoms with Crippen molar-refractivity contribution >= 4 is 17.5 Å². The van der Waals surface area contributed by atoms with Gasteiger partial charge in [0, 0.05) is 38.8 Å². The zero-order valence-corrected chi connectivity index (χ0v) is 17.6. The fourth-order valence-corrected chi connectivity index (χ4v) is 5.06. The van der Waals surface area contributed by atoms with Crippen LogP contribution in [0.4, 0.5) is 5.69 Å². The van der Waals surface area contributed by atoms with Crippen LogP contribution >= 0.6 is 0 Å². The predicted molar refractivity (Wildman–Crippen MR) is 113 cm³/mol. The molecular weight excluding hydrogens is 396 g/mol. The molecular formula is C23H26N4O4. The number of hydrogen-bond acceptors (Lipinski definition) is 5. The standard InChI is InChI=1S/C23H26N4O4/c1-25-11-10-24-18(25)13-26(2)21(29)19-17-7-9-23(31-17)14-27(22(30)20(19)23)16-5-3-15(4-6-16)8-12-28/h3-7,9-11,17,19-20,28H,8,12-14H2,1-2H3/t17-,19?,20?,23-/m1/s1. The largest absolute Gasteiger partial charge is 0.396 e. The number of aliphatic hydroxyl groups excluding tert-OH is 1. The van der Waals surface area contributed by atoms with Gasteiger partial charge in [-0.05, 0) is 24.1 Å². The molecule has 8 nitrogen and oxygen atoms in total. The highest BCUT2D eigenvalue weighted by Gasteiger charge is 2.67. The topological polar surface area (TPSA) is 87.9 Å². The van der Waals surface area contributed by atoms with Gasteiger partial charge in [-0.2, -0.15) is 0 Å². The van der Waals surface area contributed by atoms with E-state index in [0.717, 1.165) is 17.1 Å². The van der Waals surface area contributed by atoms with Crippen molar-refractivity contribution in [2.75, 3.05) is 25.1 Å². The van der Waals surface area contributed by atoms with Crippen LogP contribution in [0.5, 0.6) is 0 Å². The number of aliphatic hydroxyl groups is 1. The number of ether oxygens (including phenoxy) is 1. The Morgan fingerprint density at radius 2 is 2.13 bits per heavy atom. The summed E-state index contributed by atoms with van der Waals surface area (Å²) < 4.78 is 8.12. The number of carbonyl (C=O) groups is 2. The monoisotopic (exact) mass is 422 g/mol. The number of fused-ring (bicyclic) bond motifs is 1. The summed E-state index contributed by atoms with van der Waals surface area (Å²) in [7, 11) is 3.64. The van der Waals surface area contributed by atoms with Gasteiger partial charge >= 0.3 is 0 Å². The van der Waals surface area contributed by atoms with Gasteiger partial charge in [0.25, 0.3) is 0 Å². The first kappa shape index (κ1) is 20.0. The van der Waals surface area contributed by atoms with Crippen LogP contribution in [-0.2, 0) is 34.3 Å². The Morgan fingerprint density at radius 3 is 2.81 bits per heavy atom. The summed E-state index contributed by atoms with van der Waals surface area (Å²) in [5.41, 5.74) is 1.04. The zero-order valence-electron chi connectivity index (χ0n) is 17.6. The van der Waals surface area contributed by atoms with E-state index in [1.54, 1.807) is 23.0 Å². The van der Waals surface area contributed by atoms with E-state index in [4.69, 9.17) is 9.84 Å². The molecule has 2 aromatic rings. The molecule has 2 amide bonds. The highest BCUT2D eigenvalue weighted by molar-refractivity contribution is 6.03. The van der Waals surface area contributed by atoms with Crippen molar-refractivity contribution in [3.8, 4) is 0 Å². The summed E-state index contributed by atoms with van der Waals surface area (Å²) in [5, 5.41) is 9.11. The fraction of sp³-hybridized carbons (Fsp3) is 0.435. The number of carbonyl (C=O) groups excluding carboxylic acids is 2. The Kier molecular flexibility index (Phi) is 4.71. The average molecular weight is 422 g/mol. The highest BCUT2D eigenvalue weighted by Crippen LogP contribution is 2.53. The molecule has 5 rings (SSSR count). The SMILES string of the molecule is CN(Cc1nccn1C)C(=O)C1C2C(=O)N(c3ccc(CCO)cc3)C[C@]23C=C[C@H]1O3. The summed E-state index contributed by atoms with van der Waals surface area (Å²) >= 11 is 0. The lowest BCUT2D eigenvalue weighted by Gasteiger charge is -2.27. The Bertz CT molecular complexity index is 1050. The molecule has 0 radical (unpaired) electrons. The first-order chi connectivity index (χ1) is 14.9. The van der Waals surface area contributed by atoms with Gasteiger partial charge in [0.2, 0.25) is 11.8 Å². The van der Waals surface area contributed by atoms with Gasteiger partial charge in [0.1, 0.15) is 11.4 Å². The number of imidazole rings is 1. The number of aryl methyl sites for hydroxylation is 1. The van der Waals surface area contributed by atoms with E-state index in [9.17, 15) is 9.59 Å². The van der Waals surface area contributed by atoms with Crippen molar-refractivity contribution in [2.24, 2.45) is 18.9 Å². The first-order valence-electron chi connectivity index (χ1n) is 10.5. The number of aromatic nitrogens is 2. The van der Waals surface area contributed by atoms with Crippen LogP contribution < -0.4 is 4.90 Å². The van der Waals surface area contributed by atoms with Gasteiger partial charge in [0.05, 0.1) is 31.0 Å². The van der Waals surface area contributed by atoms with Gasteiger partial charge in [-0.25, -0.2) is 4.98 Å². The molecule has 4 atom stereocenters. The van der Waals surface area contributed by atoms with Crippen LogP contribution in [0, 0.1) is 11.8 Å². The number of hydrogen-bond donors (Lipinski definition) is 1. The van der Waals surface area contributed by atoms with Crippen molar-refractivity contribution in [3.05, 3.63) is 60.2 Å². The van der Waals surface area contributed by atoms with Crippen LogP contribution in [0.1, 0.15) is 11.4 Å². The van der Waals surface area contributed by atoms with E-state index in [-0.39, 0.29) is 24.5 Å². The maximum atomic E-state index is 13.5. The minimum Gasteiger partial charge on any atom is -0.396 e. The zero-order chi connectivity index (χ0) is 21.8. The molecule has 1 aromatic heterocycles. The average Bonchev–Trinajstić information content (AvgIpc) is 3.50. The van der Waals surface area contributed by atoms with Crippen molar-refractivity contribution in [1.29, 1.82) is 0 Å². The maximum absolute atomic E-state index is 13.5. The summed E-state index contributed by atoms with van der Waals surface area (Å²) in [6.07, 6.45) is 7.64.